The van der Waals surface area contributed by atoms with Gasteiger partial charge in [-0.15, -0.1) is 23.1 Å². The monoisotopic (exact) mass is 1630 g/mol. The minimum Gasteiger partial charge on any atom is -0.391 e. The number of aliphatic hydroxyl groups is 1. The van der Waals surface area contributed by atoms with Gasteiger partial charge in [-0.25, -0.2) is 26.5 Å². The molecule has 3 fully saturated rings. The summed E-state index contributed by atoms with van der Waals surface area (Å²) in [6, 6.07) is 29.7. The second-order valence-corrected chi connectivity index (χ2v) is 37.4. The molecule has 6 aromatic rings. The number of rotatable bonds is 31. The van der Waals surface area contributed by atoms with E-state index in [1.54, 1.807) is 54.7 Å². The molecule has 1 aliphatic carbocycles. The number of β-amino-alcohol motifs (C(OH)–C–C–N with tert-alkyl or cyclic N) is 1. The second kappa shape index (κ2) is 36.8. The first-order valence-electron chi connectivity index (χ1n) is 38.0. The zero-order valence-electron chi connectivity index (χ0n) is 64.0. The van der Waals surface area contributed by atoms with Crippen molar-refractivity contribution >= 4 is 101 Å². The van der Waals surface area contributed by atoms with Gasteiger partial charge >= 0.3 is 5.51 Å². The number of carbonyl (C=O) groups excluding carboxylic acids is 5. The van der Waals surface area contributed by atoms with Gasteiger partial charge in [0, 0.05) is 124 Å². The van der Waals surface area contributed by atoms with Gasteiger partial charge in [0.25, 0.3) is 25.8 Å². The molecule has 5 N–H and O–H groups in total. The van der Waals surface area contributed by atoms with Crippen LogP contribution in [0.1, 0.15) is 138 Å². The predicted molar refractivity (Wildman–Crippen MR) is 427 cm³/mol. The summed E-state index contributed by atoms with van der Waals surface area (Å²) in [7, 11) is -11.1. The molecule has 0 radical (unpaired) electrons. The van der Waals surface area contributed by atoms with Gasteiger partial charge in [0.05, 0.1) is 38.8 Å². The van der Waals surface area contributed by atoms with E-state index in [0.717, 1.165) is 102 Å². The molecule has 5 amide bonds. The first kappa shape index (κ1) is 84.5. The van der Waals surface area contributed by atoms with Gasteiger partial charge in [0.1, 0.15) is 30.2 Å². The number of halogens is 4. The van der Waals surface area contributed by atoms with Crippen LogP contribution in [0.2, 0.25) is 5.02 Å². The van der Waals surface area contributed by atoms with Crippen LogP contribution in [0, 0.1) is 17.8 Å². The highest BCUT2D eigenvalue weighted by Gasteiger charge is 2.49. The lowest BCUT2D eigenvalue weighted by atomic mass is 9.72. The number of alkyl halides is 3. The van der Waals surface area contributed by atoms with Gasteiger partial charge in [-0.3, -0.25) is 33.8 Å². The molecule has 11 rings (SSSR count). The van der Waals surface area contributed by atoms with Crippen molar-refractivity contribution in [1.29, 1.82) is 0 Å². The molecule has 0 spiro atoms. The third-order valence-corrected chi connectivity index (χ3v) is 26.8. The summed E-state index contributed by atoms with van der Waals surface area (Å²) in [6.07, 6.45) is 5.81. The molecular formula is C81H102ClF3N10O12S4. The van der Waals surface area contributed by atoms with Crippen LogP contribution < -0.4 is 25.6 Å². The first-order chi connectivity index (χ1) is 52.7. The number of thiazole rings is 1. The van der Waals surface area contributed by atoms with Crippen LogP contribution in [-0.2, 0) is 54.9 Å². The molecule has 5 aromatic carbocycles. The molecule has 5 heterocycles. The van der Waals surface area contributed by atoms with Crippen molar-refractivity contribution < 1.29 is 68.6 Å². The molecule has 0 bridgehead atoms. The lowest BCUT2D eigenvalue weighted by Gasteiger charge is -2.47. The van der Waals surface area contributed by atoms with E-state index in [1.807, 2.05) is 85.3 Å². The molecule has 3 saturated heterocycles. The van der Waals surface area contributed by atoms with Gasteiger partial charge in [-0.1, -0.05) is 106 Å². The average molecular weight is 1630 g/mol. The highest BCUT2D eigenvalue weighted by Crippen LogP contribution is 2.44. The lowest BCUT2D eigenvalue weighted by Crippen LogP contribution is -2.58. The Morgan fingerprint density at radius 1 is 0.802 bits per heavy atom. The number of allylic oxidation sites excluding steroid dienone is 1. The lowest BCUT2D eigenvalue weighted by molar-refractivity contribution is -0.144. The fourth-order valence-electron chi connectivity index (χ4n) is 15.3. The average Bonchev–Trinajstić information content (AvgIpc) is 1.46. The molecule has 1 aromatic heterocycles. The Morgan fingerprint density at radius 3 is 2.18 bits per heavy atom. The molecule has 6 atom stereocenters. The van der Waals surface area contributed by atoms with E-state index < -0.39 is 100 Å². The fourth-order valence-corrected chi connectivity index (χ4v) is 19.2. The molecule has 22 nitrogen and oxygen atoms in total. The number of aryl methyl sites for hydroxylation is 2. The summed E-state index contributed by atoms with van der Waals surface area (Å²) in [5.41, 5.74) is 3.60. The number of hydrogen-bond acceptors (Lipinski definition) is 19. The maximum absolute atomic E-state index is 14.7. The number of nitrogens with zero attached hydrogens (tertiary/aromatic N) is 6. The third kappa shape index (κ3) is 21.9. The van der Waals surface area contributed by atoms with Crippen LogP contribution in [0.3, 0.4) is 0 Å². The Kier molecular flexibility index (Phi) is 28.0. The van der Waals surface area contributed by atoms with Crippen molar-refractivity contribution in [1.82, 2.24) is 39.9 Å². The van der Waals surface area contributed by atoms with Gasteiger partial charge in [0.2, 0.25) is 23.6 Å². The maximum atomic E-state index is 14.7. The zero-order valence-corrected chi connectivity index (χ0v) is 68.0. The summed E-state index contributed by atoms with van der Waals surface area (Å²) in [5, 5.41) is 20.3. The molecular weight excluding hydrogens is 1530 g/mol. The number of anilines is 2. The van der Waals surface area contributed by atoms with E-state index in [2.05, 4.69) is 61.6 Å². The van der Waals surface area contributed by atoms with Crippen molar-refractivity contribution in [2.75, 3.05) is 108 Å². The molecule has 30 heteroatoms. The van der Waals surface area contributed by atoms with E-state index in [9.17, 15) is 59.1 Å². The quantitative estimate of drug-likeness (QED) is 0.0200. The topological polar surface area (TPSA) is 270 Å². The van der Waals surface area contributed by atoms with Crippen molar-refractivity contribution in [3.63, 3.8) is 0 Å². The van der Waals surface area contributed by atoms with Crippen molar-refractivity contribution in [3.05, 3.63) is 159 Å². The maximum Gasteiger partial charge on any atom is 0.501 e. The number of fused-ring (bicyclic) bond motifs is 3. The Bertz CT molecular complexity index is 4540. The molecule has 0 saturated carbocycles. The van der Waals surface area contributed by atoms with Crippen molar-refractivity contribution in [2.24, 2.45) is 10.8 Å². The Morgan fingerprint density at radius 2 is 1.50 bits per heavy atom. The third-order valence-electron chi connectivity index (χ3n) is 21.5. The number of aromatic nitrogens is 1. The number of sulfone groups is 1. The van der Waals surface area contributed by atoms with E-state index in [-0.39, 0.29) is 61.5 Å². The van der Waals surface area contributed by atoms with Crippen LogP contribution in [0.15, 0.2) is 141 Å². The summed E-state index contributed by atoms with van der Waals surface area (Å²) >= 11 is 9.21. The predicted octanol–water partition coefficient (Wildman–Crippen LogP) is 12.0. The van der Waals surface area contributed by atoms with E-state index >= 15 is 0 Å². The number of likely N-dealkylation sites (tertiary alicyclic amines) is 1. The van der Waals surface area contributed by atoms with Gasteiger partial charge in [-0.05, 0) is 171 Å². The van der Waals surface area contributed by atoms with Crippen LogP contribution >= 0.6 is 34.7 Å². The summed E-state index contributed by atoms with van der Waals surface area (Å²) in [5.74, 6) is -2.38. The highest BCUT2D eigenvalue weighted by molar-refractivity contribution is 7.99. The SMILES string of the molecule is Cc1ncsc1-c1ccc([C@H](C)NC(=O)[C@@H]2C[C@@H](O)CN2C(=O)[C@@H](NC(=O)COCCCCCOCC(=O)N2CCN(CC[C@H](CSc3ccccc3)Nc3ccc(S(=O)(=O)NC(=O)c4ccc5c(c4)CCC4CN(CC6=C(c7ccc(Cl)cc7)CCC(C)(C)C6)CCN54)cc3S(=O)(=O)C(F)(F)F)CC2)C(C)(C)C)cc1. The minimum absolute atomic E-state index is 0.0165. The van der Waals surface area contributed by atoms with Crippen molar-refractivity contribution in [2.45, 2.75) is 169 Å². The standard InChI is InChI=1S/C81H102ClF3N10O12S4/c1-53(55-16-18-57(19-17-55)74-54(2)86-52-109-74)87-77(100)70-43-64(96)48-95(70)78(101)75(79(3,4)5)89-72(97)49-106-40-12-9-13-41-107-50-73(98)93-37-34-91(35-38-93)33-31-62(51-108-65-14-10-8-11-15-65)88-68-28-27-66(44-71(68)110(102,103)81(83,84)85)111(104,105)90-76(99)59-23-29-69-58(42-59)22-26-63-47-92(36-39-94(63)69)46-60-45-80(6,7)32-30-67(60)56-20-24-61(82)25-21-56/h8,10-11,14-21,23-25,27-29,42,44,52-53,62-64,70,75,88,96H,9,12-13,22,26,30-41,43,45-51H2,1-7H3,(H,87,100)(H,89,97)(H,90,99)/t53-,62+,63?,64+,70-,75+/m0/s1. The molecule has 1 unspecified atom stereocenters. The van der Waals surface area contributed by atoms with Gasteiger partial charge in [-0.2, -0.15) is 13.2 Å². The van der Waals surface area contributed by atoms with Crippen molar-refractivity contribution in [3.8, 4) is 10.4 Å². The highest BCUT2D eigenvalue weighted by atomic mass is 35.5. The molecule has 111 heavy (non-hydrogen) atoms. The van der Waals surface area contributed by atoms with E-state index in [4.69, 9.17) is 21.1 Å². The second-order valence-electron chi connectivity index (χ2n) is 31.5. The summed E-state index contributed by atoms with van der Waals surface area (Å²) < 4.78 is 112. The summed E-state index contributed by atoms with van der Waals surface area (Å²) in [4.78, 5) is 82.5. The molecule has 5 aliphatic rings. The number of benzene rings is 5. The number of unbranched alkanes of at least 4 members (excludes halogenated alkanes) is 2. The molecule has 4 aliphatic heterocycles. The normalized spacial score (nSPS) is 19.4. The Hall–Kier alpha value is -7.45. The van der Waals surface area contributed by atoms with Crippen LogP contribution in [0.4, 0.5) is 24.5 Å². The number of hydrogen-bond donors (Lipinski definition) is 5. The number of thioether (sulfide) groups is 1. The Labute approximate surface area is 663 Å². The van der Waals surface area contributed by atoms with E-state index in [0.29, 0.717) is 82.5 Å². The number of amides is 5. The van der Waals surface area contributed by atoms with E-state index in [1.165, 1.54) is 39.4 Å². The van der Waals surface area contributed by atoms with Crippen LogP contribution in [-0.4, -0.2) is 209 Å². The van der Waals surface area contributed by atoms with Crippen LogP contribution in [0.25, 0.3) is 16.0 Å². The van der Waals surface area contributed by atoms with Gasteiger partial charge in [0.15, 0.2) is 0 Å². The number of sulfonamides is 1. The minimum atomic E-state index is -6.19. The van der Waals surface area contributed by atoms with Crippen LogP contribution in [0.5, 0.6) is 0 Å². The zero-order chi connectivity index (χ0) is 79.6. The number of piperazine rings is 2. The number of carbonyl (C=O) groups is 5. The fraction of sp³-hybridized carbons (Fsp3) is 0.506. The smallest absolute Gasteiger partial charge is 0.391 e. The number of ether oxygens (including phenoxy) is 2. The number of nitrogens with one attached hydrogen (secondary N) is 4. The number of aliphatic hydroxyl groups excluding tert-OH is 1. The molecule has 600 valence electrons. The Balaban J connectivity index is 0.617. The van der Waals surface area contributed by atoms with Gasteiger partial charge < -0.3 is 45.2 Å². The summed E-state index contributed by atoms with van der Waals surface area (Å²) in [6.45, 7) is 19.2. The first-order valence-corrected chi connectivity index (χ1v) is 43.2. The largest absolute Gasteiger partial charge is 0.501 e.